The molecule has 6 nitrogen and oxygen atoms in total. The minimum atomic E-state index is 0.0342. The van der Waals surface area contributed by atoms with Crippen molar-refractivity contribution in [3.05, 3.63) is 16.8 Å². The molecule has 1 aliphatic heterocycles. The van der Waals surface area contributed by atoms with Gasteiger partial charge in [0.25, 0.3) is 0 Å². The second kappa shape index (κ2) is 6.17. The highest BCUT2D eigenvalue weighted by molar-refractivity contribution is 6.01. The van der Waals surface area contributed by atoms with Crippen LogP contribution in [0.2, 0.25) is 0 Å². The molecule has 2 heterocycles. The average molecular weight is 277 g/mol. The van der Waals surface area contributed by atoms with E-state index in [1.54, 1.807) is 0 Å². The molecule has 3 N–H and O–H groups in total. The van der Waals surface area contributed by atoms with Gasteiger partial charge in [-0.05, 0) is 38.7 Å². The van der Waals surface area contributed by atoms with Crippen molar-refractivity contribution in [3.8, 4) is 0 Å². The van der Waals surface area contributed by atoms with Gasteiger partial charge in [0.2, 0.25) is 0 Å². The number of hydrogen-bond acceptors (Lipinski definition) is 5. The lowest BCUT2D eigenvalue weighted by molar-refractivity contribution is 0.0215. The van der Waals surface area contributed by atoms with E-state index in [-0.39, 0.29) is 11.9 Å². The molecule has 1 fully saturated rings. The third-order valence-corrected chi connectivity index (χ3v) is 3.82. The van der Waals surface area contributed by atoms with Crippen LogP contribution < -0.4 is 10.6 Å². The van der Waals surface area contributed by atoms with Crippen LogP contribution in [0.5, 0.6) is 0 Å². The second-order valence-corrected chi connectivity index (χ2v) is 5.39. The van der Waals surface area contributed by atoms with Crippen LogP contribution in [0, 0.1) is 19.3 Å². The summed E-state index contributed by atoms with van der Waals surface area (Å²) in [5.74, 6) is 0.696. The van der Waals surface area contributed by atoms with Crippen LogP contribution in [0.4, 0.5) is 5.82 Å². The van der Waals surface area contributed by atoms with Gasteiger partial charge in [0, 0.05) is 20.2 Å². The van der Waals surface area contributed by atoms with Crippen molar-refractivity contribution >= 4 is 11.7 Å². The van der Waals surface area contributed by atoms with E-state index in [1.165, 1.54) is 6.42 Å². The van der Waals surface area contributed by atoms with E-state index in [2.05, 4.69) is 10.2 Å². The molecule has 0 bridgehead atoms. The minimum absolute atomic E-state index is 0.0342. The first-order valence-electron chi connectivity index (χ1n) is 7.01. The summed E-state index contributed by atoms with van der Waals surface area (Å²) in [4.78, 5) is 1.99. The summed E-state index contributed by atoms with van der Waals surface area (Å²) in [6.07, 6.45) is 3.63. The van der Waals surface area contributed by atoms with Crippen LogP contribution in [-0.2, 0) is 4.74 Å². The Bertz CT molecular complexity index is 497. The molecule has 0 aliphatic carbocycles. The second-order valence-electron chi connectivity index (χ2n) is 5.39. The Morgan fingerprint density at radius 3 is 2.75 bits per heavy atom. The molecular weight excluding hydrogens is 254 g/mol. The van der Waals surface area contributed by atoms with Crippen LogP contribution in [0.25, 0.3) is 0 Å². The summed E-state index contributed by atoms with van der Waals surface area (Å²) in [7, 11) is 1.95. The fraction of sp³-hybridized carbons (Fsp3) is 0.643. The van der Waals surface area contributed by atoms with Crippen molar-refractivity contribution in [1.29, 1.82) is 5.41 Å². The van der Waals surface area contributed by atoms with E-state index in [0.717, 1.165) is 37.3 Å². The Hall–Kier alpha value is -1.69. The van der Waals surface area contributed by atoms with Gasteiger partial charge < -0.3 is 15.4 Å². The molecule has 0 aromatic carbocycles. The van der Waals surface area contributed by atoms with Crippen LogP contribution >= 0.6 is 0 Å². The maximum Gasteiger partial charge on any atom is 0.162 e. The molecule has 1 aromatic rings. The highest BCUT2D eigenvalue weighted by Gasteiger charge is 2.21. The first-order chi connectivity index (χ1) is 9.50. The number of likely N-dealkylation sites (N-methyl/N-ethyl adjacent to an activating group) is 1. The molecule has 110 valence electrons. The van der Waals surface area contributed by atoms with Crippen LogP contribution in [0.1, 0.15) is 36.1 Å². The van der Waals surface area contributed by atoms with Gasteiger partial charge in [0.1, 0.15) is 5.84 Å². The normalized spacial score (nSPS) is 18.9. The minimum Gasteiger partial charge on any atom is -0.384 e. The lowest BCUT2D eigenvalue weighted by Crippen LogP contribution is -2.35. The molecule has 0 saturated carbocycles. The topological polar surface area (TPSA) is 88.1 Å². The molecule has 1 atom stereocenters. The first-order valence-corrected chi connectivity index (χ1v) is 7.01. The predicted octanol–water partition coefficient (Wildman–Crippen LogP) is 1.38. The summed E-state index contributed by atoms with van der Waals surface area (Å²) in [5, 5.41) is 16.2. The zero-order valence-electron chi connectivity index (χ0n) is 12.4. The van der Waals surface area contributed by atoms with Gasteiger partial charge in [-0.1, -0.05) is 0 Å². The van der Waals surface area contributed by atoms with E-state index in [4.69, 9.17) is 15.9 Å². The Morgan fingerprint density at radius 2 is 2.15 bits per heavy atom. The van der Waals surface area contributed by atoms with Crippen LogP contribution in [0.15, 0.2) is 0 Å². The zero-order valence-corrected chi connectivity index (χ0v) is 12.4. The van der Waals surface area contributed by atoms with Gasteiger partial charge in [0.15, 0.2) is 5.82 Å². The van der Waals surface area contributed by atoms with Gasteiger partial charge >= 0.3 is 0 Å². The first kappa shape index (κ1) is 14.7. The number of nitrogens with one attached hydrogen (secondary N) is 1. The number of anilines is 1. The SMILES string of the molecule is Cc1nnc(N(C)CC2CCCCO2)c(C(=N)N)c1C. The summed E-state index contributed by atoms with van der Waals surface area (Å²) >= 11 is 0. The number of nitrogens with two attached hydrogens (primary N) is 1. The van der Waals surface area contributed by atoms with E-state index in [0.29, 0.717) is 11.4 Å². The monoisotopic (exact) mass is 277 g/mol. The van der Waals surface area contributed by atoms with Crippen LogP contribution in [0.3, 0.4) is 0 Å². The molecule has 2 rings (SSSR count). The number of nitrogen functional groups attached to an aromatic ring is 1. The highest BCUT2D eigenvalue weighted by Crippen LogP contribution is 2.22. The van der Waals surface area contributed by atoms with E-state index in [1.807, 2.05) is 25.8 Å². The Balaban J connectivity index is 2.22. The maximum absolute atomic E-state index is 7.78. The predicted molar refractivity (Wildman–Crippen MR) is 79.4 cm³/mol. The fourth-order valence-electron chi connectivity index (χ4n) is 2.53. The van der Waals surface area contributed by atoms with E-state index < -0.39 is 0 Å². The zero-order chi connectivity index (χ0) is 14.7. The average Bonchev–Trinajstić information content (AvgIpc) is 2.42. The molecule has 1 aliphatic rings. The van der Waals surface area contributed by atoms with Crippen LogP contribution in [-0.4, -0.2) is 42.3 Å². The Kier molecular flexibility index (Phi) is 4.54. The van der Waals surface area contributed by atoms with E-state index >= 15 is 0 Å². The van der Waals surface area contributed by atoms with Gasteiger partial charge in [-0.25, -0.2) is 0 Å². The molecule has 1 unspecified atom stereocenters. The maximum atomic E-state index is 7.78. The summed E-state index contributed by atoms with van der Waals surface area (Å²) in [6.45, 7) is 5.38. The lowest BCUT2D eigenvalue weighted by atomic mass is 10.1. The van der Waals surface area contributed by atoms with Crippen molar-refractivity contribution in [1.82, 2.24) is 10.2 Å². The molecule has 6 heteroatoms. The number of hydrogen-bond donors (Lipinski definition) is 2. The number of ether oxygens (including phenoxy) is 1. The Labute approximate surface area is 119 Å². The Morgan fingerprint density at radius 1 is 1.40 bits per heavy atom. The third-order valence-electron chi connectivity index (χ3n) is 3.82. The summed E-state index contributed by atoms with van der Waals surface area (Å²) < 4.78 is 5.75. The standard InChI is InChI=1S/C14H23N5O/c1-9-10(2)17-18-14(12(9)13(15)16)19(3)8-11-6-4-5-7-20-11/h11H,4-8H2,1-3H3,(H3,15,16). The fourth-order valence-corrected chi connectivity index (χ4v) is 2.53. The highest BCUT2D eigenvalue weighted by atomic mass is 16.5. The number of aromatic nitrogens is 2. The lowest BCUT2D eigenvalue weighted by Gasteiger charge is -2.29. The van der Waals surface area contributed by atoms with Crippen molar-refractivity contribution < 1.29 is 4.74 Å². The van der Waals surface area contributed by atoms with Gasteiger partial charge in [-0.3, -0.25) is 5.41 Å². The van der Waals surface area contributed by atoms with E-state index in [9.17, 15) is 0 Å². The summed E-state index contributed by atoms with van der Waals surface area (Å²) in [6, 6.07) is 0. The van der Waals surface area contributed by atoms with Crippen molar-refractivity contribution in [3.63, 3.8) is 0 Å². The molecule has 1 saturated heterocycles. The number of rotatable bonds is 4. The molecule has 0 radical (unpaired) electrons. The number of amidine groups is 1. The molecule has 0 amide bonds. The molecular formula is C14H23N5O. The van der Waals surface area contributed by atoms with Crippen molar-refractivity contribution in [2.24, 2.45) is 5.73 Å². The quantitative estimate of drug-likeness (QED) is 0.641. The van der Waals surface area contributed by atoms with Gasteiger partial charge in [-0.15, -0.1) is 5.10 Å². The smallest absolute Gasteiger partial charge is 0.162 e. The molecule has 20 heavy (non-hydrogen) atoms. The molecule has 0 spiro atoms. The van der Waals surface area contributed by atoms with Gasteiger partial charge in [-0.2, -0.15) is 5.10 Å². The van der Waals surface area contributed by atoms with Crippen molar-refractivity contribution in [2.45, 2.75) is 39.2 Å². The number of nitrogens with zero attached hydrogens (tertiary/aromatic N) is 3. The molecule has 1 aromatic heterocycles. The van der Waals surface area contributed by atoms with Crippen molar-refractivity contribution in [2.75, 3.05) is 25.1 Å². The summed E-state index contributed by atoms with van der Waals surface area (Å²) in [5.41, 5.74) is 8.11. The van der Waals surface area contributed by atoms with Gasteiger partial charge in [0.05, 0.1) is 17.4 Å². The third kappa shape index (κ3) is 3.07. The number of aryl methyl sites for hydroxylation is 1. The largest absolute Gasteiger partial charge is 0.384 e.